The zero-order chi connectivity index (χ0) is 16.8. The van der Waals surface area contributed by atoms with Gasteiger partial charge >= 0.3 is 0 Å². The summed E-state index contributed by atoms with van der Waals surface area (Å²) < 4.78 is 5.78. The summed E-state index contributed by atoms with van der Waals surface area (Å²) in [6.45, 7) is 8.27. The Morgan fingerprint density at radius 2 is 1.74 bits per heavy atom. The van der Waals surface area contributed by atoms with Gasteiger partial charge in [-0.3, -0.25) is 9.59 Å². The van der Waals surface area contributed by atoms with Gasteiger partial charge in [0.15, 0.2) is 6.61 Å². The molecular weight excluding hydrogens is 292 g/mol. The van der Waals surface area contributed by atoms with Crippen molar-refractivity contribution in [3.63, 3.8) is 0 Å². The van der Waals surface area contributed by atoms with Crippen LogP contribution in [0.2, 0.25) is 0 Å². The number of ether oxygens (including phenoxy) is 1. The maximum absolute atomic E-state index is 12.3. The van der Waals surface area contributed by atoms with Crippen LogP contribution in [0, 0.1) is 0 Å². The minimum absolute atomic E-state index is 0.0212. The van der Waals surface area contributed by atoms with Crippen LogP contribution in [0.5, 0.6) is 5.75 Å². The molecule has 1 saturated heterocycles. The smallest absolute Gasteiger partial charge is 0.260 e. The highest BCUT2D eigenvalue weighted by Gasteiger charge is 2.22. The Morgan fingerprint density at radius 1 is 1.13 bits per heavy atom. The van der Waals surface area contributed by atoms with Crippen LogP contribution in [0.4, 0.5) is 0 Å². The largest absolute Gasteiger partial charge is 0.483 e. The van der Waals surface area contributed by atoms with E-state index in [2.05, 4.69) is 19.9 Å². The Morgan fingerprint density at radius 3 is 2.35 bits per heavy atom. The first-order valence-electron chi connectivity index (χ1n) is 8.28. The predicted molar refractivity (Wildman–Crippen MR) is 89.5 cm³/mol. The van der Waals surface area contributed by atoms with E-state index in [1.54, 1.807) is 16.7 Å². The molecule has 0 saturated carbocycles. The second-order valence-electron chi connectivity index (χ2n) is 6.02. The molecule has 126 valence electrons. The molecule has 0 aromatic heterocycles. The first kappa shape index (κ1) is 17.3. The van der Waals surface area contributed by atoms with Crippen LogP contribution < -0.4 is 4.74 Å². The maximum Gasteiger partial charge on any atom is 0.260 e. The van der Waals surface area contributed by atoms with E-state index in [-0.39, 0.29) is 18.4 Å². The minimum Gasteiger partial charge on any atom is -0.483 e. The predicted octanol–water partition coefficient (Wildman–Crippen LogP) is 2.27. The number of rotatable bonds is 5. The highest BCUT2D eigenvalue weighted by atomic mass is 16.5. The molecular formula is C18H26N2O3. The molecule has 23 heavy (non-hydrogen) atoms. The molecule has 0 radical (unpaired) electrons. The average Bonchev–Trinajstić information content (AvgIpc) is 2.59. The Labute approximate surface area is 138 Å². The van der Waals surface area contributed by atoms with Crippen molar-refractivity contribution in [2.75, 3.05) is 32.8 Å². The third-order valence-corrected chi connectivity index (χ3v) is 4.49. The van der Waals surface area contributed by atoms with Crippen LogP contribution in [-0.2, 0) is 9.59 Å². The quantitative estimate of drug-likeness (QED) is 0.837. The zero-order valence-corrected chi connectivity index (χ0v) is 14.2. The van der Waals surface area contributed by atoms with Gasteiger partial charge in [-0.15, -0.1) is 0 Å². The standard InChI is InChI=1S/C18H26N2O3/c1-4-14(2)16-7-5-6-8-17(16)23-13-18(22)20-11-9-19(10-12-20)15(3)21/h5-8,14H,4,9-13H2,1-3H3. The normalized spacial score (nSPS) is 16.1. The van der Waals surface area contributed by atoms with Gasteiger partial charge in [0.2, 0.25) is 5.91 Å². The van der Waals surface area contributed by atoms with Gasteiger partial charge in [0.1, 0.15) is 5.75 Å². The minimum atomic E-state index is -0.0212. The van der Waals surface area contributed by atoms with Gasteiger partial charge in [0.25, 0.3) is 5.91 Å². The van der Waals surface area contributed by atoms with Gasteiger partial charge in [0, 0.05) is 33.1 Å². The van der Waals surface area contributed by atoms with Crippen LogP contribution in [-0.4, -0.2) is 54.4 Å². The Hall–Kier alpha value is -2.04. The van der Waals surface area contributed by atoms with Crippen LogP contribution >= 0.6 is 0 Å². The fourth-order valence-corrected chi connectivity index (χ4v) is 2.74. The number of hydrogen-bond acceptors (Lipinski definition) is 3. The van der Waals surface area contributed by atoms with Crippen molar-refractivity contribution in [2.24, 2.45) is 0 Å². The zero-order valence-electron chi connectivity index (χ0n) is 14.2. The Balaban J connectivity index is 1.89. The van der Waals surface area contributed by atoms with Crippen molar-refractivity contribution in [2.45, 2.75) is 33.1 Å². The second kappa shape index (κ2) is 7.99. The van der Waals surface area contributed by atoms with E-state index in [4.69, 9.17) is 4.74 Å². The summed E-state index contributed by atoms with van der Waals surface area (Å²) in [5, 5.41) is 0. The number of amides is 2. The van der Waals surface area contributed by atoms with Gasteiger partial charge in [0.05, 0.1) is 0 Å². The lowest BCUT2D eigenvalue weighted by atomic mass is 9.98. The molecule has 0 spiro atoms. The van der Waals surface area contributed by atoms with Crippen LogP contribution in [0.15, 0.2) is 24.3 Å². The highest BCUT2D eigenvalue weighted by molar-refractivity contribution is 5.78. The van der Waals surface area contributed by atoms with E-state index < -0.39 is 0 Å². The van der Waals surface area contributed by atoms with E-state index in [1.807, 2.05) is 18.2 Å². The van der Waals surface area contributed by atoms with Gasteiger partial charge in [-0.25, -0.2) is 0 Å². The van der Waals surface area contributed by atoms with Crippen molar-refractivity contribution in [3.8, 4) is 5.75 Å². The van der Waals surface area contributed by atoms with Crippen molar-refractivity contribution in [1.82, 2.24) is 9.80 Å². The number of carbonyl (C=O) groups is 2. The Bertz CT molecular complexity index is 551. The van der Waals surface area contributed by atoms with E-state index >= 15 is 0 Å². The third kappa shape index (κ3) is 4.47. The maximum atomic E-state index is 12.3. The summed E-state index contributed by atoms with van der Waals surface area (Å²) >= 11 is 0. The first-order valence-corrected chi connectivity index (χ1v) is 8.28. The summed E-state index contributed by atoms with van der Waals surface area (Å²) in [5.41, 5.74) is 1.14. The second-order valence-corrected chi connectivity index (χ2v) is 6.02. The van der Waals surface area contributed by atoms with Gasteiger partial charge in [-0.2, -0.15) is 0 Å². The van der Waals surface area contributed by atoms with E-state index in [9.17, 15) is 9.59 Å². The van der Waals surface area contributed by atoms with Crippen LogP contribution in [0.3, 0.4) is 0 Å². The summed E-state index contributed by atoms with van der Waals surface area (Å²) in [5.74, 6) is 1.24. The van der Waals surface area contributed by atoms with E-state index in [1.165, 1.54) is 0 Å². The summed E-state index contributed by atoms with van der Waals surface area (Å²) in [6, 6.07) is 7.90. The first-order chi connectivity index (χ1) is 11.0. The highest BCUT2D eigenvalue weighted by Crippen LogP contribution is 2.28. The molecule has 5 heteroatoms. The molecule has 1 aromatic rings. The van der Waals surface area contributed by atoms with Crippen molar-refractivity contribution >= 4 is 11.8 Å². The molecule has 0 bridgehead atoms. The van der Waals surface area contributed by atoms with Crippen molar-refractivity contribution in [3.05, 3.63) is 29.8 Å². The molecule has 1 atom stereocenters. The average molecular weight is 318 g/mol. The molecule has 0 N–H and O–H groups in total. The number of benzene rings is 1. The SMILES string of the molecule is CCC(C)c1ccccc1OCC(=O)N1CCN(C(C)=O)CC1. The van der Waals surface area contributed by atoms with Gasteiger partial charge < -0.3 is 14.5 Å². The fraction of sp³-hybridized carbons (Fsp3) is 0.556. The van der Waals surface area contributed by atoms with Gasteiger partial charge in [-0.1, -0.05) is 32.0 Å². The molecule has 1 aliphatic heterocycles. The molecule has 2 amide bonds. The number of nitrogens with zero attached hydrogens (tertiary/aromatic N) is 2. The lowest BCUT2D eigenvalue weighted by Crippen LogP contribution is -2.51. The number of piperazine rings is 1. The molecule has 1 aromatic carbocycles. The van der Waals surface area contributed by atoms with Crippen LogP contribution in [0.25, 0.3) is 0 Å². The molecule has 5 nitrogen and oxygen atoms in total. The number of para-hydroxylation sites is 1. The molecule has 0 aliphatic carbocycles. The van der Waals surface area contributed by atoms with Crippen LogP contribution in [0.1, 0.15) is 38.7 Å². The van der Waals surface area contributed by atoms with Crippen molar-refractivity contribution < 1.29 is 14.3 Å². The molecule has 2 rings (SSSR count). The van der Waals surface area contributed by atoms with E-state index in [0.717, 1.165) is 17.7 Å². The molecule has 1 fully saturated rings. The molecule has 1 unspecified atom stereocenters. The summed E-state index contributed by atoms with van der Waals surface area (Å²) in [6.07, 6.45) is 1.03. The molecule has 1 aliphatic rings. The summed E-state index contributed by atoms with van der Waals surface area (Å²) in [4.78, 5) is 27.1. The summed E-state index contributed by atoms with van der Waals surface area (Å²) in [7, 11) is 0. The van der Waals surface area contributed by atoms with Crippen molar-refractivity contribution in [1.29, 1.82) is 0 Å². The lowest BCUT2D eigenvalue weighted by Gasteiger charge is -2.34. The molecule has 1 heterocycles. The third-order valence-electron chi connectivity index (χ3n) is 4.49. The monoisotopic (exact) mass is 318 g/mol. The van der Waals surface area contributed by atoms with Gasteiger partial charge in [-0.05, 0) is 24.0 Å². The fourth-order valence-electron chi connectivity index (χ4n) is 2.74. The lowest BCUT2D eigenvalue weighted by molar-refractivity contribution is -0.139. The topological polar surface area (TPSA) is 49.9 Å². The number of carbonyl (C=O) groups excluding carboxylic acids is 2. The van der Waals surface area contributed by atoms with E-state index in [0.29, 0.717) is 32.1 Å². The number of hydrogen-bond donors (Lipinski definition) is 0. The Kier molecular flexibility index (Phi) is 6.02.